The Hall–Kier alpha value is -1.26. The van der Waals surface area contributed by atoms with Crippen molar-refractivity contribution < 1.29 is 14.7 Å². The smallest absolute Gasteiger partial charge is 0.314 e. The van der Waals surface area contributed by atoms with Crippen molar-refractivity contribution in [3.8, 4) is 0 Å². The van der Waals surface area contributed by atoms with E-state index in [9.17, 15) is 9.59 Å². The van der Waals surface area contributed by atoms with Gasteiger partial charge in [-0.1, -0.05) is 19.3 Å². The molecule has 3 N–H and O–H groups in total. The van der Waals surface area contributed by atoms with Crippen molar-refractivity contribution in [2.75, 3.05) is 13.1 Å². The van der Waals surface area contributed by atoms with Gasteiger partial charge >= 0.3 is 12.0 Å². The quantitative estimate of drug-likeness (QED) is 0.713. The highest BCUT2D eigenvalue weighted by Crippen LogP contribution is 2.31. The molecule has 2 fully saturated rings. The molecule has 2 amide bonds. The van der Waals surface area contributed by atoms with Crippen molar-refractivity contribution in [1.29, 1.82) is 0 Å². The highest BCUT2D eigenvalue weighted by Gasteiger charge is 2.32. The van der Waals surface area contributed by atoms with Crippen LogP contribution in [0.2, 0.25) is 0 Å². The van der Waals surface area contributed by atoms with Crippen molar-refractivity contribution in [3.05, 3.63) is 0 Å². The fourth-order valence-corrected chi connectivity index (χ4v) is 3.34. The molecule has 0 aromatic rings. The van der Waals surface area contributed by atoms with Gasteiger partial charge in [0.1, 0.15) is 0 Å². The van der Waals surface area contributed by atoms with Crippen LogP contribution in [-0.2, 0) is 4.79 Å². The van der Waals surface area contributed by atoms with Gasteiger partial charge in [-0.05, 0) is 37.5 Å². The van der Waals surface area contributed by atoms with Crippen LogP contribution in [0.4, 0.5) is 4.79 Å². The summed E-state index contributed by atoms with van der Waals surface area (Å²) in [4.78, 5) is 22.7. The predicted molar refractivity (Wildman–Crippen MR) is 71.8 cm³/mol. The van der Waals surface area contributed by atoms with E-state index in [4.69, 9.17) is 5.11 Å². The van der Waals surface area contributed by atoms with Crippen molar-refractivity contribution >= 4 is 12.0 Å². The molecule has 108 valence electrons. The molecule has 0 aromatic heterocycles. The van der Waals surface area contributed by atoms with Gasteiger partial charge in [0.05, 0.1) is 5.92 Å². The Kier molecular flexibility index (Phi) is 5.05. The minimum absolute atomic E-state index is 0.0923. The van der Waals surface area contributed by atoms with Crippen molar-refractivity contribution in [3.63, 3.8) is 0 Å². The highest BCUT2D eigenvalue weighted by atomic mass is 16.4. The number of carbonyl (C=O) groups excluding carboxylic acids is 1. The lowest BCUT2D eigenvalue weighted by atomic mass is 9.96. The van der Waals surface area contributed by atoms with Crippen LogP contribution in [0.15, 0.2) is 0 Å². The van der Waals surface area contributed by atoms with Crippen LogP contribution in [0.25, 0.3) is 0 Å². The van der Waals surface area contributed by atoms with Gasteiger partial charge in [-0.2, -0.15) is 0 Å². The summed E-state index contributed by atoms with van der Waals surface area (Å²) in [5.74, 6) is -0.287. The highest BCUT2D eigenvalue weighted by molar-refractivity contribution is 5.74. The van der Waals surface area contributed by atoms with Gasteiger partial charge in [-0.3, -0.25) is 4.79 Å². The van der Waals surface area contributed by atoms with E-state index in [-0.39, 0.29) is 17.9 Å². The molecule has 5 heteroatoms. The SMILES string of the molecule is O=C(NCC1CCCC1)NCC1CCCC1C(=O)O. The van der Waals surface area contributed by atoms with Crippen LogP contribution in [0.3, 0.4) is 0 Å². The van der Waals surface area contributed by atoms with Crippen LogP contribution >= 0.6 is 0 Å². The number of aliphatic carboxylic acids is 1. The summed E-state index contributed by atoms with van der Waals surface area (Å²) >= 11 is 0. The molecule has 2 aliphatic carbocycles. The third kappa shape index (κ3) is 4.11. The molecule has 0 aliphatic heterocycles. The first kappa shape index (κ1) is 14.2. The maximum atomic E-state index is 11.7. The van der Waals surface area contributed by atoms with Crippen LogP contribution < -0.4 is 10.6 Å². The molecular formula is C14H24N2O3. The van der Waals surface area contributed by atoms with Crippen LogP contribution in [0.5, 0.6) is 0 Å². The molecule has 0 radical (unpaired) electrons. The fourth-order valence-electron chi connectivity index (χ4n) is 3.34. The average Bonchev–Trinajstić information content (AvgIpc) is 3.04. The normalized spacial score (nSPS) is 27.4. The summed E-state index contributed by atoms with van der Waals surface area (Å²) in [6.07, 6.45) is 7.57. The predicted octanol–water partition coefficient (Wildman–Crippen LogP) is 1.98. The van der Waals surface area contributed by atoms with Gasteiger partial charge in [0, 0.05) is 13.1 Å². The van der Waals surface area contributed by atoms with Crippen molar-refractivity contribution in [1.82, 2.24) is 10.6 Å². The summed E-state index contributed by atoms with van der Waals surface area (Å²) < 4.78 is 0. The number of carboxylic acids is 1. The van der Waals surface area contributed by atoms with E-state index in [1.165, 1.54) is 25.7 Å². The Labute approximate surface area is 114 Å². The lowest BCUT2D eigenvalue weighted by Crippen LogP contribution is -2.41. The topological polar surface area (TPSA) is 78.4 Å². The average molecular weight is 268 g/mol. The van der Waals surface area contributed by atoms with Crippen LogP contribution in [0, 0.1) is 17.8 Å². The number of hydrogen-bond donors (Lipinski definition) is 3. The summed E-state index contributed by atoms with van der Waals surface area (Å²) in [7, 11) is 0. The first-order valence-corrected chi connectivity index (χ1v) is 7.41. The molecule has 2 unspecified atom stereocenters. The standard InChI is InChI=1S/C14H24N2O3/c17-13(18)12-7-3-6-11(12)9-16-14(19)15-8-10-4-1-2-5-10/h10-12H,1-9H2,(H,17,18)(H2,15,16,19). The van der Waals surface area contributed by atoms with Crippen molar-refractivity contribution in [2.45, 2.75) is 44.9 Å². The largest absolute Gasteiger partial charge is 0.481 e. The second-order valence-electron chi connectivity index (χ2n) is 5.88. The molecule has 0 spiro atoms. The summed E-state index contributed by atoms with van der Waals surface area (Å²) in [6, 6.07) is -0.150. The van der Waals surface area contributed by atoms with E-state index in [1.807, 2.05) is 0 Å². The molecule has 2 aliphatic rings. The molecule has 19 heavy (non-hydrogen) atoms. The van der Waals surface area contributed by atoms with Crippen LogP contribution in [0.1, 0.15) is 44.9 Å². The van der Waals surface area contributed by atoms with Gasteiger partial charge in [0.25, 0.3) is 0 Å². The molecule has 0 heterocycles. The Morgan fingerprint density at radius 2 is 1.63 bits per heavy atom. The third-order valence-electron chi connectivity index (χ3n) is 4.53. The monoisotopic (exact) mass is 268 g/mol. The summed E-state index contributed by atoms with van der Waals surface area (Å²) in [6.45, 7) is 1.23. The second kappa shape index (κ2) is 6.78. The molecule has 0 aromatic carbocycles. The van der Waals surface area contributed by atoms with Crippen molar-refractivity contribution in [2.24, 2.45) is 17.8 Å². The van der Waals surface area contributed by atoms with Gasteiger partial charge < -0.3 is 15.7 Å². The maximum Gasteiger partial charge on any atom is 0.314 e. The second-order valence-corrected chi connectivity index (χ2v) is 5.88. The number of rotatable bonds is 5. The number of nitrogens with one attached hydrogen (secondary N) is 2. The zero-order valence-electron chi connectivity index (χ0n) is 11.4. The fraction of sp³-hybridized carbons (Fsp3) is 0.857. The minimum Gasteiger partial charge on any atom is -0.481 e. The number of hydrogen-bond acceptors (Lipinski definition) is 2. The lowest BCUT2D eigenvalue weighted by Gasteiger charge is -2.17. The third-order valence-corrected chi connectivity index (χ3v) is 4.53. The number of urea groups is 1. The maximum absolute atomic E-state index is 11.7. The first-order chi connectivity index (χ1) is 9.16. The van der Waals surface area contributed by atoms with E-state index >= 15 is 0 Å². The Balaban J connectivity index is 1.64. The van der Waals surface area contributed by atoms with Gasteiger partial charge in [-0.25, -0.2) is 4.79 Å². The zero-order valence-corrected chi connectivity index (χ0v) is 11.4. The number of carbonyl (C=O) groups is 2. The molecular weight excluding hydrogens is 244 g/mol. The van der Waals surface area contributed by atoms with E-state index in [0.29, 0.717) is 12.5 Å². The molecule has 5 nitrogen and oxygen atoms in total. The number of carboxylic acid groups (broad SMARTS) is 1. The first-order valence-electron chi connectivity index (χ1n) is 7.41. The molecule has 2 atom stereocenters. The summed E-state index contributed by atoms with van der Waals surface area (Å²) in [5, 5.41) is 14.8. The van der Waals surface area contributed by atoms with Crippen LogP contribution in [-0.4, -0.2) is 30.2 Å². The van der Waals surface area contributed by atoms with E-state index in [1.54, 1.807) is 0 Å². The Bertz CT molecular complexity index is 327. The number of amides is 2. The Morgan fingerprint density at radius 3 is 2.32 bits per heavy atom. The van der Waals surface area contributed by atoms with Gasteiger partial charge in [-0.15, -0.1) is 0 Å². The molecule has 2 saturated carbocycles. The Morgan fingerprint density at radius 1 is 0.947 bits per heavy atom. The van der Waals surface area contributed by atoms with Gasteiger partial charge in [0.15, 0.2) is 0 Å². The van der Waals surface area contributed by atoms with E-state index in [2.05, 4.69) is 10.6 Å². The zero-order chi connectivity index (χ0) is 13.7. The summed E-state index contributed by atoms with van der Waals surface area (Å²) in [5.41, 5.74) is 0. The van der Waals surface area contributed by atoms with Gasteiger partial charge in [0.2, 0.25) is 0 Å². The van der Waals surface area contributed by atoms with E-state index < -0.39 is 5.97 Å². The molecule has 2 rings (SSSR count). The van der Waals surface area contributed by atoms with E-state index in [0.717, 1.165) is 25.8 Å². The lowest BCUT2D eigenvalue weighted by molar-refractivity contribution is -0.142. The molecule has 0 bridgehead atoms. The minimum atomic E-state index is -0.726. The molecule has 0 saturated heterocycles.